The lowest BCUT2D eigenvalue weighted by Gasteiger charge is -2.12. The van der Waals surface area contributed by atoms with Crippen molar-refractivity contribution in [1.82, 2.24) is 5.32 Å². The van der Waals surface area contributed by atoms with Crippen LogP contribution in [0.5, 0.6) is 0 Å². The summed E-state index contributed by atoms with van der Waals surface area (Å²) in [6.45, 7) is 1.86. The number of amides is 1. The number of aromatic carboxylic acids is 1. The van der Waals surface area contributed by atoms with Crippen LogP contribution >= 0.6 is 23.8 Å². The van der Waals surface area contributed by atoms with Crippen molar-refractivity contribution in [1.29, 1.82) is 0 Å². The first-order chi connectivity index (χ1) is 10.9. The van der Waals surface area contributed by atoms with Crippen LogP contribution in [-0.4, -0.2) is 22.1 Å². The number of rotatable bonds is 3. The molecule has 1 amide bonds. The number of carboxylic acid groups (broad SMARTS) is 1. The van der Waals surface area contributed by atoms with E-state index in [-0.39, 0.29) is 16.2 Å². The molecule has 0 fully saturated rings. The number of nitrogens with one attached hydrogen (secondary N) is 2. The number of thiocarbonyl (C=S) groups is 1. The first kappa shape index (κ1) is 16.9. The molecule has 5 nitrogen and oxygen atoms in total. The maximum atomic E-state index is 12.2. The van der Waals surface area contributed by atoms with E-state index in [0.717, 1.165) is 5.56 Å². The first-order valence-corrected chi connectivity index (χ1v) is 7.38. The largest absolute Gasteiger partial charge is 0.478 e. The van der Waals surface area contributed by atoms with E-state index in [1.807, 2.05) is 6.92 Å². The molecular formula is C16H13ClN2O3S. The molecule has 2 rings (SSSR count). The SMILES string of the molecule is Cc1ccc(C(=O)NC(=S)Nc2ccccc2C(=O)O)c(Cl)c1. The van der Waals surface area contributed by atoms with Crippen molar-refractivity contribution < 1.29 is 14.7 Å². The van der Waals surface area contributed by atoms with Crippen molar-refractivity contribution in [3.05, 3.63) is 64.2 Å². The summed E-state index contributed by atoms with van der Waals surface area (Å²) in [5.74, 6) is -1.57. The molecule has 0 bridgehead atoms. The van der Waals surface area contributed by atoms with E-state index in [0.29, 0.717) is 10.7 Å². The zero-order valence-electron chi connectivity index (χ0n) is 12.1. The molecule has 0 saturated carbocycles. The third-order valence-corrected chi connectivity index (χ3v) is 3.52. The molecule has 0 aliphatic rings. The number of carboxylic acids is 1. The van der Waals surface area contributed by atoms with Crippen LogP contribution in [0.25, 0.3) is 0 Å². The van der Waals surface area contributed by atoms with Gasteiger partial charge in [-0.2, -0.15) is 0 Å². The Morgan fingerprint density at radius 1 is 1.13 bits per heavy atom. The van der Waals surface area contributed by atoms with Crippen molar-refractivity contribution >= 4 is 46.5 Å². The Bertz CT molecular complexity index is 793. The van der Waals surface area contributed by atoms with Gasteiger partial charge in [-0.25, -0.2) is 4.79 Å². The molecule has 0 spiro atoms. The highest BCUT2D eigenvalue weighted by molar-refractivity contribution is 7.80. The summed E-state index contributed by atoms with van der Waals surface area (Å²) in [5.41, 5.74) is 1.56. The number of aryl methyl sites for hydroxylation is 1. The Morgan fingerprint density at radius 2 is 1.83 bits per heavy atom. The quantitative estimate of drug-likeness (QED) is 0.740. The summed E-state index contributed by atoms with van der Waals surface area (Å²) in [6, 6.07) is 11.3. The molecule has 0 heterocycles. The highest BCUT2D eigenvalue weighted by atomic mass is 35.5. The molecule has 0 saturated heterocycles. The lowest BCUT2D eigenvalue weighted by molar-refractivity contribution is 0.0698. The van der Waals surface area contributed by atoms with Gasteiger partial charge in [0, 0.05) is 0 Å². The Kier molecular flexibility index (Phi) is 5.31. The second-order valence-corrected chi connectivity index (χ2v) is 5.56. The Labute approximate surface area is 143 Å². The van der Waals surface area contributed by atoms with Crippen molar-refractivity contribution in [3.63, 3.8) is 0 Å². The highest BCUT2D eigenvalue weighted by Gasteiger charge is 2.14. The number of carbonyl (C=O) groups excluding carboxylic acids is 1. The van der Waals surface area contributed by atoms with E-state index in [9.17, 15) is 9.59 Å². The molecule has 118 valence electrons. The number of hydrogen-bond acceptors (Lipinski definition) is 3. The predicted octanol–water partition coefficient (Wildman–Crippen LogP) is 3.47. The summed E-state index contributed by atoms with van der Waals surface area (Å²) < 4.78 is 0. The van der Waals surface area contributed by atoms with Crippen molar-refractivity contribution in [3.8, 4) is 0 Å². The van der Waals surface area contributed by atoms with Crippen LogP contribution in [0.4, 0.5) is 5.69 Å². The van der Waals surface area contributed by atoms with Gasteiger partial charge in [0.15, 0.2) is 5.11 Å². The molecule has 2 aromatic rings. The molecule has 0 aliphatic heterocycles. The zero-order valence-corrected chi connectivity index (χ0v) is 13.7. The smallest absolute Gasteiger partial charge is 0.337 e. The average Bonchev–Trinajstić information content (AvgIpc) is 2.47. The number of benzene rings is 2. The van der Waals surface area contributed by atoms with E-state index in [4.69, 9.17) is 28.9 Å². The molecular weight excluding hydrogens is 336 g/mol. The van der Waals surface area contributed by atoms with Gasteiger partial charge in [0.05, 0.1) is 21.8 Å². The highest BCUT2D eigenvalue weighted by Crippen LogP contribution is 2.18. The van der Waals surface area contributed by atoms with Crippen LogP contribution in [0.2, 0.25) is 5.02 Å². The van der Waals surface area contributed by atoms with E-state index in [2.05, 4.69) is 10.6 Å². The van der Waals surface area contributed by atoms with E-state index >= 15 is 0 Å². The number of hydrogen-bond donors (Lipinski definition) is 3. The Balaban J connectivity index is 2.11. The molecule has 23 heavy (non-hydrogen) atoms. The number of anilines is 1. The fourth-order valence-electron chi connectivity index (χ4n) is 1.91. The Hall–Kier alpha value is -2.44. The number of carbonyl (C=O) groups is 2. The van der Waals surface area contributed by atoms with Gasteiger partial charge in [-0.15, -0.1) is 0 Å². The first-order valence-electron chi connectivity index (χ1n) is 6.59. The molecule has 0 unspecified atom stereocenters. The van der Waals surface area contributed by atoms with Crippen LogP contribution in [0.15, 0.2) is 42.5 Å². The fraction of sp³-hybridized carbons (Fsp3) is 0.0625. The molecule has 3 N–H and O–H groups in total. The van der Waals surface area contributed by atoms with Gasteiger partial charge in [0.2, 0.25) is 0 Å². The number of halogens is 1. The van der Waals surface area contributed by atoms with Gasteiger partial charge in [0.25, 0.3) is 5.91 Å². The van der Waals surface area contributed by atoms with E-state index < -0.39 is 11.9 Å². The molecule has 2 aromatic carbocycles. The van der Waals surface area contributed by atoms with Crippen LogP contribution in [0.1, 0.15) is 26.3 Å². The molecule has 0 aromatic heterocycles. The fourth-order valence-corrected chi connectivity index (χ4v) is 2.43. The summed E-state index contributed by atoms with van der Waals surface area (Å²) in [4.78, 5) is 23.3. The topological polar surface area (TPSA) is 78.4 Å². The summed E-state index contributed by atoms with van der Waals surface area (Å²) in [7, 11) is 0. The second-order valence-electron chi connectivity index (χ2n) is 4.74. The lowest BCUT2D eigenvalue weighted by atomic mass is 10.1. The maximum absolute atomic E-state index is 12.2. The van der Waals surface area contributed by atoms with Crippen LogP contribution in [0.3, 0.4) is 0 Å². The van der Waals surface area contributed by atoms with E-state index in [1.165, 1.54) is 6.07 Å². The average molecular weight is 349 g/mol. The minimum absolute atomic E-state index is 0.0136. The van der Waals surface area contributed by atoms with E-state index in [1.54, 1.807) is 36.4 Å². The van der Waals surface area contributed by atoms with Crippen LogP contribution < -0.4 is 10.6 Å². The molecule has 0 atom stereocenters. The van der Waals surface area contributed by atoms with Gasteiger partial charge >= 0.3 is 5.97 Å². The van der Waals surface area contributed by atoms with Gasteiger partial charge in [-0.1, -0.05) is 29.8 Å². The van der Waals surface area contributed by atoms with Gasteiger partial charge in [0.1, 0.15) is 0 Å². The van der Waals surface area contributed by atoms with Gasteiger partial charge < -0.3 is 10.4 Å². The minimum Gasteiger partial charge on any atom is -0.478 e. The normalized spacial score (nSPS) is 10.0. The van der Waals surface area contributed by atoms with Crippen LogP contribution in [-0.2, 0) is 0 Å². The summed E-state index contributed by atoms with van der Waals surface area (Å²) in [6.07, 6.45) is 0. The monoisotopic (exact) mass is 348 g/mol. The summed E-state index contributed by atoms with van der Waals surface area (Å²) >= 11 is 11.1. The molecule has 0 aliphatic carbocycles. The zero-order chi connectivity index (χ0) is 17.0. The van der Waals surface area contributed by atoms with Crippen LogP contribution in [0, 0.1) is 6.92 Å². The third kappa shape index (κ3) is 4.28. The molecule has 7 heteroatoms. The summed E-state index contributed by atoms with van der Waals surface area (Å²) in [5, 5.41) is 14.6. The standard InChI is InChI=1S/C16H13ClN2O3S/c1-9-6-7-10(12(17)8-9)14(20)19-16(23)18-13-5-3-2-4-11(13)15(21)22/h2-8H,1H3,(H,21,22)(H2,18,19,20,23). The Morgan fingerprint density at radius 3 is 2.48 bits per heavy atom. The van der Waals surface area contributed by atoms with Crippen molar-refractivity contribution in [2.24, 2.45) is 0 Å². The van der Waals surface area contributed by atoms with Gasteiger partial charge in [-0.3, -0.25) is 10.1 Å². The third-order valence-electron chi connectivity index (χ3n) is 3.00. The number of para-hydroxylation sites is 1. The lowest BCUT2D eigenvalue weighted by Crippen LogP contribution is -2.34. The maximum Gasteiger partial charge on any atom is 0.337 e. The van der Waals surface area contributed by atoms with Crippen molar-refractivity contribution in [2.45, 2.75) is 6.92 Å². The predicted molar refractivity (Wildman–Crippen MR) is 93.3 cm³/mol. The van der Waals surface area contributed by atoms with Gasteiger partial charge in [-0.05, 0) is 49.0 Å². The minimum atomic E-state index is -1.09. The second kappa shape index (κ2) is 7.21. The molecule has 0 radical (unpaired) electrons. The van der Waals surface area contributed by atoms with Crippen molar-refractivity contribution in [2.75, 3.05) is 5.32 Å².